The van der Waals surface area contributed by atoms with Gasteiger partial charge >= 0.3 is 5.97 Å². The molecule has 0 unspecified atom stereocenters. The maximum absolute atomic E-state index is 13.1. The molecule has 2 fully saturated rings. The van der Waals surface area contributed by atoms with Gasteiger partial charge in [0.05, 0.1) is 24.9 Å². The van der Waals surface area contributed by atoms with Gasteiger partial charge in [-0.15, -0.1) is 0 Å². The molecule has 34 heavy (non-hydrogen) atoms. The highest BCUT2D eigenvalue weighted by molar-refractivity contribution is 5.94. The topological polar surface area (TPSA) is 79.0 Å². The average molecular weight is 464 g/mol. The van der Waals surface area contributed by atoms with E-state index in [2.05, 4.69) is 26.1 Å². The largest absolute Gasteiger partial charge is 0.465 e. The third-order valence-electron chi connectivity index (χ3n) is 6.98. The normalized spacial score (nSPS) is 17.8. The van der Waals surface area contributed by atoms with Crippen LogP contribution in [0.4, 0.5) is 0 Å². The summed E-state index contributed by atoms with van der Waals surface area (Å²) in [6.45, 7) is 8.38. The highest BCUT2D eigenvalue weighted by Gasteiger charge is 2.47. The van der Waals surface area contributed by atoms with Crippen molar-refractivity contribution in [3.8, 4) is 0 Å². The molecule has 0 aliphatic carbocycles. The molecule has 180 valence electrons. The fourth-order valence-electron chi connectivity index (χ4n) is 4.78. The molecule has 0 saturated carbocycles. The first-order valence-corrected chi connectivity index (χ1v) is 11.8. The van der Waals surface area contributed by atoms with E-state index in [-0.39, 0.29) is 23.2 Å². The van der Waals surface area contributed by atoms with Crippen LogP contribution < -0.4 is 5.32 Å². The molecule has 2 aromatic rings. The van der Waals surface area contributed by atoms with Gasteiger partial charge in [-0.2, -0.15) is 0 Å². The molecule has 0 bridgehead atoms. The predicted molar refractivity (Wildman–Crippen MR) is 129 cm³/mol. The van der Waals surface area contributed by atoms with Gasteiger partial charge in [0.2, 0.25) is 5.91 Å². The quantitative estimate of drug-likeness (QED) is 0.704. The lowest BCUT2D eigenvalue weighted by molar-refractivity contribution is -0.132. The van der Waals surface area contributed by atoms with Crippen molar-refractivity contribution in [2.24, 2.45) is 0 Å². The van der Waals surface area contributed by atoms with E-state index in [1.165, 1.54) is 12.7 Å². The third-order valence-corrected chi connectivity index (χ3v) is 6.98. The lowest BCUT2D eigenvalue weighted by atomic mass is 9.86. The Kier molecular flexibility index (Phi) is 6.49. The van der Waals surface area contributed by atoms with Gasteiger partial charge in [-0.3, -0.25) is 14.9 Å². The monoisotopic (exact) mass is 463 g/mol. The average Bonchev–Trinajstić information content (AvgIpc) is 3.13. The van der Waals surface area contributed by atoms with Gasteiger partial charge in [0.1, 0.15) is 0 Å². The van der Waals surface area contributed by atoms with Gasteiger partial charge in [-0.25, -0.2) is 4.79 Å². The van der Waals surface area contributed by atoms with E-state index in [1.54, 1.807) is 12.1 Å². The van der Waals surface area contributed by atoms with Crippen molar-refractivity contribution >= 4 is 17.8 Å². The van der Waals surface area contributed by atoms with Gasteiger partial charge in [-0.05, 0) is 40.8 Å². The van der Waals surface area contributed by atoms with E-state index >= 15 is 0 Å². The van der Waals surface area contributed by atoms with Gasteiger partial charge < -0.3 is 14.5 Å². The number of benzene rings is 2. The second-order valence-corrected chi connectivity index (χ2v) is 10.2. The van der Waals surface area contributed by atoms with Crippen molar-refractivity contribution in [2.75, 3.05) is 26.7 Å². The second kappa shape index (κ2) is 9.22. The van der Waals surface area contributed by atoms with Crippen LogP contribution in [0, 0.1) is 0 Å². The fraction of sp³-hybridized carbons (Fsp3) is 0.444. The zero-order valence-electron chi connectivity index (χ0n) is 20.4. The molecule has 1 N–H and O–H groups in total. The minimum absolute atomic E-state index is 0.0320. The van der Waals surface area contributed by atoms with E-state index < -0.39 is 5.66 Å². The standard InChI is InChI=1S/C27H33N3O4/c1-26(2,3)22-11-9-20(10-12-22)24(32)29-15-13-27(14-16-29)28-17-23(31)30(27)18-19-5-7-21(8-6-19)25(33)34-4/h5-12,28H,13-18H2,1-4H3. The number of hydrogen-bond acceptors (Lipinski definition) is 5. The molecular weight excluding hydrogens is 430 g/mol. The number of ether oxygens (including phenoxy) is 1. The molecule has 0 aromatic heterocycles. The molecule has 7 nitrogen and oxygen atoms in total. The Bertz CT molecular complexity index is 1060. The number of rotatable bonds is 4. The van der Waals surface area contributed by atoms with Crippen molar-refractivity contribution < 1.29 is 19.1 Å². The summed E-state index contributed by atoms with van der Waals surface area (Å²) in [5.41, 5.74) is 2.91. The highest BCUT2D eigenvalue weighted by atomic mass is 16.5. The van der Waals surface area contributed by atoms with Crippen molar-refractivity contribution in [1.82, 2.24) is 15.1 Å². The Morgan fingerprint density at radius 3 is 2.12 bits per heavy atom. The van der Waals surface area contributed by atoms with Crippen molar-refractivity contribution in [3.05, 3.63) is 70.8 Å². The summed E-state index contributed by atoms with van der Waals surface area (Å²) in [4.78, 5) is 41.3. The van der Waals surface area contributed by atoms with E-state index in [9.17, 15) is 14.4 Å². The summed E-state index contributed by atoms with van der Waals surface area (Å²) in [6, 6.07) is 15.0. The smallest absolute Gasteiger partial charge is 0.337 e. The van der Waals surface area contributed by atoms with Crippen molar-refractivity contribution in [1.29, 1.82) is 0 Å². The number of carbonyl (C=O) groups is 3. The van der Waals surface area contributed by atoms with Crippen LogP contribution in [0.25, 0.3) is 0 Å². The number of hydrogen-bond donors (Lipinski definition) is 1. The zero-order chi connectivity index (χ0) is 24.5. The van der Waals surface area contributed by atoms with Crippen LogP contribution in [0.3, 0.4) is 0 Å². The van der Waals surface area contributed by atoms with Gasteiger partial charge in [0, 0.05) is 38.0 Å². The molecule has 1 spiro atoms. The minimum atomic E-state index is -0.453. The maximum Gasteiger partial charge on any atom is 0.337 e. The number of piperidine rings is 1. The van der Waals surface area contributed by atoms with E-state index in [0.29, 0.717) is 50.1 Å². The molecule has 4 rings (SSSR count). The molecule has 2 aromatic carbocycles. The van der Waals surface area contributed by atoms with Crippen LogP contribution in [-0.4, -0.2) is 60.0 Å². The zero-order valence-corrected chi connectivity index (χ0v) is 20.4. The predicted octanol–water partition coefficient (Wildman–Crippen LogP) is 3.34. The number of carbonyl (C=O) groups excluding carboxylic acids is 3. The first-order valence-electron chi connectivity index (χ1n) is 11.8. The number of nitrogens with one attached hydrogen (secondary N) is 1. The lowest BCUT2D eigenvalue weighted by Gasteiger charge is -2.44. The lowest BCUT2D eigenvalue weighted by Crippen LogP contribution is -2.58. The number of likely N-dealkylation sites (tertiary alicyclic amines) is 1. The Morgan fingerprint density at radius 2 is 1.56 bits per heavy atom. The van der Waals surface area contributed by atoms with E-state index in [4.69, 9.17) is 4.74 Å². The maximum atomic E-state index is 13.1. The SMILES string of the molecule is COC(=O)c1ccc(CN2C(=O)CNC23CCN(C(=O)c2ccc(C(C)(C)C)cc2)CC3)cc1. The Morgan fingerprint density at radius 1 is 0.971 bits per heavy atom. The molecular formula is C27H33N3O4. The van der Waals surface area contributed by atoms with Gasteiger partial charge in [-0.1, -0.05) is 45.0 Å². The minimum Gasteiger partial charge on any atom is -0.465 e. The van der Waals surface area contributed by atoms with E-state index in [1.807, 2.05) is 46.2 Å². The number of nitrogens with zero attached hydrogens (tertiary/aromatic N) is 2. The number of amides is 2. The molecule has 0 radical (unpaired) electrons. The Hall–Kier alpha value is -3.19. The molecule has 2 amide bonds. The Balaban J connectivity index is 1.42. The van der Waals surface area contributed by atoms with Crippen LogP contribution in [0.1, 0.15) is 65.5 Å². The first-order chi connectivity index (χ1) is 16.1. The van der Waals surface area contributed by atoms with Crippen LogP contribution in [0.15, 0.2) is 48.5 Å². The van der Waals surface area contributed by atoms with Crippen LogP contribution in [0.2, 0.25) is 0 Å². The summed E-state index contributed by atoms with van der Waals surface area (Å²) >= 11 is 0. The van der Waals surface area contributed by atoms with Crippen molar-refractivity contribution in [3.63, 3.8) is 0 Å². The molecule has 7 heteroatoms. The van der Waals surface area contributed by atoms with Crippen molar-refractivity contribution in [2.45, 2.75) is 51.2 Å². The number of methoxy groups -OCH3 is 1. The first kappa shape index (κ1) is 24.0. The van der Waals surface area contributed by atoms with Gasteiger partial charge in [0.25, 0.3) is 5.91 Å². The number of esters is 1. The molecule has 2 aliphatic rings. The molecule has 0 atom stereocenters. The molecule has 2 saturated heterocycles. The summed E-state index contributed by atoms with van der Waals surface area (Å²) in [7, 11) is 1.35. The molecule has 2 aliphatic heterocycles. The van der Waals surface area contributed by atoms with Crippen LogP contribution in [0.5, 0.6) is 0 Å². The van der Waals surface area contributed by atoms with Crippen LogP contribution >= 0.6 is 0 Å². The summed E-state index contributed by atoms with van der Waals surface area (Å²) < 4.78 is 4.75. The van der Waals surface area contributed by atoms with Gasteiger partial charge in [0.15, 0.2) is 0 Å². The van der Waals surface area contributed by atoms with Crippen LogP contribution in [-0.2, 0) is 21.5 Å². The summed E-state index contributed by atoms with van der Waals surface area (Å²) in [5, 5.41) is 3.42. The third kappa shape index (κ3) is 4.71. The van der Waals surface area contributed by atoms with E-state index in [0.717, 1.165) is 5.56 Å². The summed E-state index contributed by atoms with van der Waals surface area (Å²) in [6.07, 6.45) is 1.34. The highest BCUT2D eigenvalue weighted by Crippen LogP contribution is 2.32. The fourth-order valence-corrected chi connectivity index (χ4v) is 4.78. The Labute approximate surface area is 201 Å². The molecule has 2 heterocycles. The summed E-state index contributed by atoms with van der Waals surface area (Å²) in [5.74, 6) is -0.300. The second-order valence-electron chi connectivity index (χ2n) is 10.2.